The first-order valence-corrected chi connectivity index (χ1v) is 9.84. The van der Waals surface area contributed by atoms with Gasteiger partial charge in [-0.25, -0.2) is 4.79 Å². The van der Waals surface area contributed by atoms with E-state index >= 15 is 0 Å². The molecule has 2 amide bonds. The number of aliphatic carboxylic acids is 1. The molecule has 1 unspecified atom stereocenters. The number of nitrogens with one attached hydrogen (secondary N) is 1. The van der Waals surface area contributed by atoms with Crippen LogP contribution >= 0.6 is 0 Å². The molecule has 0 bridgehead atoms. The summed E-state index contributed by atoms with van der Waals surface area (Å²) in [6, 6.07) is 5.17. The van der Waals surface area contributed by atoms with Crippen molar-refractivity contribution in [3.05, 3.63) is 34.2 Å². The van der Waals surface area contributed by atoms with Gasteiger partial charge in [-0.1, -0.05) is 6.07 Å². The van der Waals surface area contributed by atoms with E-state index in [4.69, 9.17) is 5.11 Å². The second kappa shape index (κ2) is 7.47. The van der Waals surface area contributed by atoms with Gasteiger partial charge in [-0.2, -0.15) is 0 Å². The number of fused-ring (bicyclic) bond motifs is 1. The highest BCUT2D eigenvalue weighted by atomic mass is 16.4. The molecule has 9 nitrogen and oxygen atoms in total. The number of imide groups is 1. The summed E-state index contributed by atoms with van der Waals surface area (Å²) in [5.74, 6) is -1.25. The van der Waals surface area contributed by atoms with E-state index in [1.165, 1.54) is 4.57 Å². The van der Waals surface area contributed by atoms with Gasteiger partial charge in [0.15, 0.2) is 0 Å². The molecular weight excluding hydrogens is 376 g/mol. The molecule has 154 valence electrons. The zero-order valence-corrected chi connectivity index (χ0v) is 16.3. The van der Waals surface area contributed by atoms with Crippen LogP contribution in [0.5, 0.6) is 0 Å². The Balaban J connectivity index is 1.62. The summed E-state index contributed by atoms with van der Waals surface area (Å²) >= 11 is 0. The SMILES string of the molecule is Cn1c(=O)n(C2CCC(=O)NC2=O)c2ccc(C3CCN(CC(=O)O)CC3)cc21. The molecule has 1 atom stereocenters. The smallest absolute Gasteiger partial charge is 0.329 e. The van der Waals surface area contributed by atoms with Crippen LogP contribution < -0.4 is 11.0 Å². The Morgan fingerprint density at radius 2 is 1.86 bits per heavy atom. The summed E-state index contributed by atoms with van der Waals surface area (Å²) < 4.78 is 3.03. The van der Waals surface area contributed by atoms with Gasteiger partial charge in [-0.3, -0.25) is 33.7 Å². The van der Waals surface area contributed by atoms with Gasteiger partial charge in [-0.15, -0.1) is 0 Å². The number of imidazole rings is 1. The maximum Gasteiger partial charge on any atom is 0.329 e. The van der Waals surface area contributed by atoms with Gasteiger partial charge in [0.1, 0.15) is 6.04 Å². The number of hydrogen-bond acceptors (Lipinski definition) is 5. The quantitative estimate of drug-likeness (QED) is 0.726. The standard InChI is InChI=1S/C20H24N4O5/c1-22-16-10-13(12-6-8-23(9-7-12)11-18(26)27)2-3-14(16)24(20(22)29)15-4-5-17(25)21-19(15)28/h2-3,10,12,15H,4-9,11H2,1H3,(H,26,27)(H,21,25,28). The maximum atomic E-state index is 12.8. The van der Waals surface area contributed by atoms with Gasteiger partial charge < -0.3 is 5.11 Å². The Bertz CT molecular complexity index is 1050. The van der Waals surface area contributed by atoms with Crippen molar-refractivity contribution in [1.29, 1.82) is 0 Å². The highest BCUT2D eigenvalue weighted by Crippen LogP contribution is 2.31. The van der Waals surface area contributed by atoms with Crippen molar-refractivity contribution in [2.45, 2.75) is 37.6 Å². The van der Waals surface area contributed by atoms with Crippen LogP contribution in [0.3, 0.4) is 0 Å². The zero-order chi connectivity index (χ0) is 20.7. The molecule has 2 aliphatic rings. The lowest BCUT2D eigenvalue weighted by molar-refractivity contribution is -0.139. The molecule has 1 aromatic carbocycles. The third kappa shape index (κ3) is 3.57. The number of hydrogen-bond donors (Lipinski definition) is 2. The lowest BCUT2D eigenvalue weighted by Gasteiger charge is -2.31. The average Bonchev–Trinajstić information content (AvgIpc) is 2.93. The average molecular weight is 400 g/mol. The molecule has 29 heavy (non-hydrogen) atoms. The molecule has 0 spiro atoms. The van der Waals surface area contributed by atoms with E-state index in [2.05, 4.69) is 5.32 Å². The minimum Gasteiger partial charge on any atom is -0.480 e. The lowest BCUT2D eigenvalue weighted by atomic mass is 9.89. The number of carbonyl (C=O) groups excluding carboxylic acids is 2. The number of carboxylic acids is 1. The van der Waals surface area contributed by atoms with E-state index in [0.717, 1.165) is 37.0 Å². The Labute approximate surface area is 166 Å². The number of benzene rings is 1. The van der Waals surface area contributed by atoms with Gasteiger partial charge >= 0.3 is 11.7 Å². The van der Waals surface area contributed by atoms with E-state index < -0.39 is 17.9 Å². The Hall–Kier alpha value is -2.94. The van der Waals surface area contributed by atoms with Gasteiger partial charge in [0.25, 0.3) is 0 Å². The number of amides is 2. The molecule has 0 saturated carbocycles. The molecule has 3 heterocycles. The van der Waals surface area contributed by atoms with Crippen LogP contribution in [0.2, 0.25) is 0 Å². The van der Waals surface area contributed by atoms with Crippen molar-refractivity contribution in [3.63, 3.8) is 0 Å². The van der Waals surface area contributed by atoms with E-state index in [0.29, 0.717) is 17.9 Å². The fourth-order valence-electron chi connectivity index (χ4n) is 4.48. The molecule has 2 aromatic rings. The second-order valence-electron chi connectivity index (χ2n) is 7.87. The van der Waals surface area contributed by atoms with Crippen molar-refractivity contribution >= 4 is 28.8 Å². The Morgan fingerprint density at radius 1 is 1.14 bits per heavy atom. The Morgan fingerprint density at radius 3 is 2.52 bits per heavy atom. The van der Waals surface area contributed by atoms with Crippen molar-refractivity contribution in [2.24, 2.45) is 7.05 Å². The highest BCUT2D eigenvalue weighted by molar-refractivity contribution is 6.00. The summed E-state index contributed by atoms with van der Waals surface area (Å²) in [5.41, 5.74) is 2.27. The van der Waals surface area contributed by atoms with Crippen LogP contribution in [0.4, 0.5) is 0 Å². The molecule has 2 aliphatic heterocycles. The number of carbonyl (C=O) groups is 3. The molecule has 1 aromatic heterocycles. The maximum absolute atomic E-state index is 12.8. The van der Waals surface area contributed by atoms with Crippen LogP contribution in [0.1, 0.15) is 43.2 Å². The molecule has 2 N–H and O–H groups in total. The fourth-order valence-corrected chi connectivity index (χ4v) is 4.48. The van der Waals surface area contributed by atoms with Crippen molar-refractivity contribution < 1.29 is 19.5 Å². The largest absolute Gasteiger partial charge is 0.480 e. The number of likely N-dealkylation sites (tertiary alicyclic amines) is 1. The fraction of sp³-hybridized carbons (Fsp3) is 0.500. The first-order chi connectivity index (χ1) is 13.8. The summed E-state index contributed by atoms with van der Waals surface area (Å²) in [6.45, 7) is 1.52. The normalized spacial score (nSPS) is 21.5. The van der Waals surface area contributed by atoms with Crippen LogP contribution in [-0.4, -0.2) is 56.6 Å². The predicted molar refractivity (Wildman–Crippen MR) is 105 cm³/mol. The van der Waals surface area contributed by atoms with Crippen LogP contribution in [0.15, 0.2) is 23.0 Å². The van der Waals surface area contributed by atoms with E-state index in [1.807, 2.05) is 23.1 Å². The van der Waals surface area contributed by atoms with E-state index in [1.54, 1.807) is 11.6 Å². The van der Waals surface area contributed by atoms with E-state index in [9.17, 15) is 19.2 Å². The third-order valence-electron chi connectivity index (χ3n) is 6.05. The van der Waals surface area contributed by atoms with Crippen molar-refractivity contribution in [3.8, 4) is 0 Å². The first-order valence-electron chi connectivity index (χ1n) is 9.84. The summed E-state index contributed by atoms with van der Waals surface area (Å²) in [4.78, 5) is 49.4. The molecule has 0 radical (unpaired) electrons. The predicted octanol–water partition coefficient (Wildman–Crippen LogP) is 0.582. The second-order valence-corrected chi connectivity index (χ2v) is 7.87. The van der Waals surface area contributed by atoms with E-state index in [-0.39, 0.29) is 24.6 Å². The zero-order valence-electron chi connectivity index (χ0n) is 16.3. The van der Waals surface area contributed by atoms with Gasteiger partial charge in [0.05, 0.1) is 17.6 Å². The summed E-state index contributed by atoms with van der Waals surface area (Å²) in [6.07, 6.45) is 2.25. The van der Waals surface area contributed by atoms with Crippen LogP contribution in [-0.2, 0) is 21.4 Å². The molecule has 4 rings (SSSR count). The van der Waals surface area contributed by atoms with Gasteiger partial charge in [-0.05, 0) is 56.0 Å². The monoisotopic (exact) mass is 400 g/mol. The third-order valence-corrected chi connectivity index (χ3v) is 6.05. The molecule has 2 saturated heterocycles. The van der Waals surface area contributed by atoms with Crippen molar-refractivity contribution in [2.75, 3.05) is 19.6 Å². The number of piperidine rings is 2. The number of aryl methyl sites for hydroxylation is 1. The summed E-state index contributed by atoms with van der Waals surface area (Å²) in [7, 11) is 1.69. The van der Waals surface area contributed by atoms with Gasteiger partial charge in [0, 0.05) is 13.5 Å². The minimum atomic E-state index is -0.811. The molecule has 0 aliphatic carbocycles. The molecular formula is C20H24N4O5. The number of carboxylic acid groups (broad SMARTS) is 1. The first kappa shape index (κ1) is 19.4. The number of aromatic nitrogens is 2. The Kier molecular flexibility index (Phi) is 4.99. The van der Waals surface area contributed by atoms with Crippen molar-refractivity contribution in [1.82, 2.24) is 19.4 Å². The van der Waals surface area contributed by atoms with Gasteiger partial charge in [0.2, 0.25) is 11.8 Å². The summed E-state index contributed by atoms with van der Waals surface area (Å²) in [5, 5.41) is 11.3. The minimum absolute atomic E-state index is 0.0645. The highest BCUT2D eigenvalue weighted by Gasteiger charge is 2.31. The van der Waals surface area contributed by atoms with Crippen LogP contribution in [0.25, 0.3) is 11.0 Å². The van der Waals surface area contributed by atoms with Crippen LogP contribution in [0, 0.1) is 0 Å². The number of rotatable bonds is 4. The molecule has 9 heteroatoms. The number of nitrogens with zero attached hydrogens (tertiary/aromatic N) is 3. The lowest BCUT2D eigenvalue weighted by Crippen LogP contribution is -2.44. The topological polar surface area (TPSA) is 114 Å². The molecule has 2 fully saturated rings.